The second-order valence-electron chi connectivity index (χ2n) is 10.0. The van der Waals surface area contributed by atoms with Crippen LogP contribution in [0.5, 0.6) is 0 Å². The van der Waals surface area contributed by atoms with Crippen molar-refractivity contribution >= 4 is 27.3 Å². The monoisotopic (exact) mass is 655 g/mol. The van der Waals surface area contributed by atoms with E-state index in [1.165, 1.54) is 0 Å². The lowest BCUT2D eigenvalue weighted by Gasteiger charge is -2.17. The molecule has 1 nitrogen and oxygen atoms in total. The summed E-state index contributed by atoms with van der Waals surface area (Å²) in [7, 11) is 0. The highest BCUT2D eigenvalue weighted by atomic mass is 79.9. The molecule has 0 atom stereocenters. The van der Waals surface area contributed by atoms with Crippen LogP contribution in [0.4, 0.5) is 45.2 Å². The lowest BCUT2D eigenvalue weighted by molar-refractivity contribution is -0.143. The maximum Gasteiger partial charge on any atom is 0.417 e. The molecule has 11 heteroatoms. The van der Waals surface area contributed by atoms with Crippen LogP contribution in [0.2, 0.25) is 0 Å². The standard InChI is InChI=1S/C31H19BrF9N/c1-15-8-18(10-17-6-4-3-5-7-17)9-16(2)27(15)42-28-21-11-19(29(33,34)35)13-23(31(39,40)41)25(21)26-22(28)12-20(14-24(26)32)30(36,37)38/h3-9,11-14H,10H2,1-2H3. The molecule has 0 spiro atoms. The number of hydrogen-bond donors (Lipinski definition) is 0. The summed E-state index contributed by atoms with van der Waals surface area (Å²) in [6.07, 6.45) is -14.7. The fourth-order valence-corrected chi connectivity index (χ4v) is 5.89. The summed E-state index contributed by atoms with van der Waals surface area (Å²) in [4.78, 5) is 4.49. The molecule has 4 aromatic rings. The largest absolute Gasteiger partial charge is 0.417 e. The van der Waals surface area contributed by atoms with Crippen molar-refractivity contribution in [1.29, 1.82) is 0 Å². The molecular formula is C31H19BrF9N. The van der Waals surface area contributed by atoms with Crippen LogP contribution < -0.4 is 0 Å². The van der Waals surface area contributed by atoms with E-state index in [-0.39, 0.29) is 27.4 Å². The van der Waals surface area contributed by atoms with Crippen molar-refractivity contribution in [3.8, 4) is 11.1 Å². The molecule has 218 valence electrons. The van der Waals surface area contributed by atoms with Crippen molar-refractivity contribution in [3.05, 3.63) is 121 Å². The second-order valence-corrected chi connectivity index (χ2v) is 10.9. The molecular weight excluding hydrogens is 637 g/mol. The molecule has 42 heavy (non-hydrogen) atoms. The van der Waals surface area contributed by atoms with E-state index in [2.05, 4.69) is 20.9 Å². The molecule has 0 unspecified atom stereocenters. The van der Waals surface area contributed by atoms with Gasteiger partial charge in [-0.25, -0.2) is 4.99 Å². The Kier molecular flexibility index (Phi) is 7.32. The second kappa shape index (κ2) is 10.3. The van der Waals surface area contributed by atoms with Crippen molar-refractivity contribution in [3.63, 3.8) is 0 Å². The SMILES string of the molecule is Cc1cc(Cc2ccccc2)cc(C)c1N=C1c2cc(C(F)(F)F)cc(Br)c2-c2c1cc(C(F)(F)F)cc2C(F)(F)F. The van der Waals surface area contributed by atoms with Crippen LogP contribution in [0.3, 0.4) is 0 Å². The molecule has 5 rings (SSSR count). The maximum absolute atomic E-state index is 14.2. The van der Waals surface area contributed by atoms with Gasteiger partial charge in [-0.15, -0.1) is 0 Å². The lowest BCUT2D eigenvalue weighted by Crippen LogP contribution is -2.14. The van der Waals surface area contributed by atoms with Crippen molar-refractivity contribution in [2.45, 2.75) is 38.8 Å². The van der Waals surface area contributed by atoms with Crippen LogP contribution in [0.25, 0.3) is 11.1 Å². The first-order valence-electron chi connectivity index (χ1n) is 12.4. The number of alkyl halides is 9. The lowest BCUT2D eigenvalue weighted by atomic mass is 9.95. The van der Waals surface area contributed by atoms with E-state index in [4.69, 9.17) is 0 Å². The normalized spacial score (nSPS) is 14.3. The Morgan fingerprint density at radius 3 is 1.67 bits per heavy atom. The van der Waals surface area contributed by atoms with Crippen LogP contribution >= 0.6 is 15.9 Å². The van der Waals surface area contributed by atoms with Gasteiger partial charge in [-0.05, 0) is 66.8 Å². The van der Waals surface area contributed by atoms with Crippen LogP contribution in [0.1, 0.15) is 50.1 Å². The molecule has 0 aromatic heterocycles. The molecule has 0 heterocycles. The molecule has 0 saturated heterocycles. The number of fused-ring (bicyclic) bond motifs is 3. The van der Waals surface area contributed by atoms with E-state index < -0.39 is 52.1 Å². The van der Waals surface area contributed by atoms with Gasteiger partial charge in [0.15, 0.2) is 0 Å². The minimum atomic E-state index is -5.24. The Bertz CT molecular complexity index is 1710. The number of aryl methyl sites for hydroxylation is 2. The van der Waals surface area contributed by atoms with Gasteiger partial charge in [0.25, 0.3) is 0 Å². The Morgan fingerprint density at radius 1 is 0.619 bits per heavy atom. The zero-order valence-electron chi connectivity index (χ0n) is 21.8. The molecule has 0 fully saturated rings. The van der Waals surface area contributed by atoms with E-state index in [1.54, 1.807) is 26.0 Å². The predicted octanol–water partition coefficient (Wildman–Crippen LogP) is 10.9. The molecule has 0 N–H and O–H groups in total. The Hall–Kier alpha value is -3.60. The number of hydrogen-bond acceptors (Lipinski definition) is 1. The zero-order valence-corrected chi connectivity index (χ0v) is 23.4. The third kappa shape index (κ3) is 5.58. The molecule has 4 aromatic carbocycles. The average Bonchev–Trinajstić information content (AvgIpc) is 3.18. The van der Waals surface area contributed by atoms with Crippen molar-refractivity contribution < 1.29 is 39.5 Å². The van der Waals surface area contributed by atoms with Gasteiger partial charge in [0.1, 0.15) is 0 Å². The van der Waals surface area contributed by atoms with E-state index >= 15 is 0 Å². The molecule has 1 aliphatic carbocycles. The summed E-state index contributed by atoms with van der Waals surface area (Å²) >= 11 is 2.96. The zero-order chi connectivity index (χ0) is 30.8. The topological polar surface area (TPSA) is 12.4 Å². The van der Waals surface area contributed by atoms with Gasteiger partial charge in [-0.1, -0.05) is 58.4 Å². The number of benzene rings is 4. The van der Waals surface area contributed by atoms with Crippen LogP contribution in [0, 0.1) is 13.8 Å². The Labute approximate surface area is 242 Å². The number of nitrogens with zero attached hydrogens (tertiary/aromatic N) is 1. The van der Waals surface area contributed by atoms with E-state index in [0.29, 0.717) is 35.7 Å². The van der Waals surface area contributed by atoms with Gasteiger partial charge in [-0.3, -0.25) is 0 Å². The minimum absolute atomic E-state index is 0.0233. The molecule has 0 radical (unpaired) electrons. The van der Waals surface area contributed by atoms with Gasteiger partial charge in [0.2, 0.25) is 0 Å². The molecule has 0 aliphatic heterocycles. The minimum Gasteiger partial charge on any atom is -0.247 e. The molecule has 0 bridgehead atoms. The van der Waals surface area contributed by atoms with Crippen LogP contribution in [0.15, 0.2) is 76.2 Å². The summed E-state index contributed by atoms with van der Waals surface area (Å²) in [6, 6.07) is 14.8. The molecule has 0 amide bonds. The maximum atomic E-state index is 14.2. The summed E-state index contributed by atoms with van der Waals surface area (Å²) in [5, 5.41) is 0. The van der Waals surface area contributed by atoms with Crippen LogP contribution in [-0.2, 0) is 24.9 Å². The Balaban J connectivity index is 1.80. The van der Waals surface area contributed by atoms with E-state index in [0.717, 1.165) is 11.1 Å². The first kappa shape index (κ1) is 29.9. The number of rotatable bonds is 3. The van der Waals surface area contributed by atoms with Crippen LogP contribution in [-0.4, -0.2) is 5.71 Å². The van der Waals surface area contributed by atoms with Crippen molar-refractivity contribution in [2.24, 2.45) is 4.99 Å². The average molecular weight is 656 g/mol. The highest BCUT2D eigenvalue weighted by molar-refractivity contribution is 9.10. The van der Waals surface area contributed by atoms with Gasteiger partial charge >= 0.3 is 18.5 Å². The van der Waals surface area contributed by atoms with Gasteiger partial charge in [-0.2, -0.15) is 39.5 Å². The highest BCUT2D eigenvalue weighted by Crippen LogP contribution is 2.52. The van der Waals surface area contributed by atoms with Gasteiger partial charge in [0, 0.05) is 26.7 Å². The molecule has 1 aliphatic rings. The number of aliphatic imine (C=N–C) groups is 1. The van der Waals surface area contributed by atoms with Crippen molar-refractivity contribution in [2.75, 3.05) is 0 Å². The van der Waals surface area contributed by atoms with E-state index in [1.807, 2.05) is 30.3 Å². The first-order valence-corrected chi connectivity index (χ1v) is 13.2. The Morgan fingerprint density at radius 2 is 1.14 bits per heavy atom. The third-order valence-electron chi connectivity index (χ3n) is 6.97. The van der Waals surface area contributed by atoms with E-state index in [9.17, 15) is 39.5 Å². The fourth-order valence-electron chi connectivity index (χ4n) is 5.23. The number of halogens is 10. The van der Waals surface area contributed by atoms with Gasteiger partial charge < -0.3 is 0 Å². The quantitative estimate of drug-likeness (QED) is 0.172. The highest BCUT2D eigenvalue weighted by Gasteiger charge is 2.44. The van der Waals surface area contributed by atoms with Gasteiger partial charge in [0.05, 0.1) is 28.1 Å². The molecule has 0 saturated carbocycles. The summed E-state index contributed by atoms with van der Waals surface area (Å²) in [5.41, 5.74) is -3.46. The fraction of sp³-hybridized carbons (Fsp3) is 0.194. The third-order valence-corrected chi connectivity index (χ3v) is 7.60. The van der Waals surface area contributed by atoms with Crippen molar-refractivity contribution in [1.82, 2.24) is 0 Å². The summed E-state index contributed by atoms with van der Waals surface area (Å²) in [5.74, 6) is 0. The predicted molar refractivity (Wildman–Crippen MR) is 145 cm³/mol. The first-order chi connectivity index (χ1) is 19.4. The smallest absolute Gasteiger partial charge is 0.247 e. The summed E-state index contributed by atoms with van der Waals surface area (Å²) < 4.78 is 125. The summed E-state index contributed by atoms with van der Waals surface area (Å²) in [6.45, 7) is 3.35.